The molecular weight excluding hydrogens is 350 g/mol. The van der Waals surface area contributed by atoms with Crippen molar-refractivity contribution in [2.24, 2.45) is 0 Å². The maximum absolute atomic E-state index is 12.1. The zero-order valence-corrected chi connectivity index (χ0v) is 15.4. The number of ether oxygens (including phenoxy) is 4. The fourth-order valence-corrected chi connectivity index (χ4v) is 2.82. The molecule has 1 aromatic heterocycles. The fourth-order valence-electron chi connectivity index (χ4n) is 2.82. The van der Waals surface area contributed by atoms with Gasteiger partial charge in [-0.05, 0) is 19.1 Å². The molecule has 27 heavy (non-hydrogen) atoms. The van der Waals surface area contributed by atoms with Crippen LogP contribution in [0.15, 0.2) is 36.5 Å². The number of ketones is 1. The van der Waals surface area contributed by atoms with E-state index in [9.17, 15) is 9.90 Å². The third-order valence-electron chi connectivity index (χ3n) is 4.05. The number of fused-ring (bicyclic) bond motifs is 1. The van der Waals surface area contributed by atoms with Crippen LogP contribution in [-0.2, 0) is 0 Å². The number of nitrogens with zero attached hydrogens (tertiary/aromatic N) is 1. The van der Waals surface area contributed by atoms with Crippen molar-refractivity contribution in [3.63, 3.8) is 0 Å². The highest BCUT2D eigenvalue weighted by Crippen LogP contribution is 2.40. The third kappa shape index (κ3) is 3.44. The lowest BCUT2D eigenvalue weighted by Crippen LogP contribution is -2.01. The van der Waals surface area contributed by atoms with Gasteiger partial charge >= 0.3 is 0 Å². The van der Waals surface area contributed by atoms with Crippen molar-refractivity contribution in [1.29, 1.82) is 0 Å². The summed E-state index contributed by atoms with van der Waals surface area (Å²) in [7, 11) is 4.50. The van der Waals surface area contributed by atoms with Crippen LogP contribution >= 0.6 is 0 Å². The van der Waals surface area contributed by atoms with Gasteiger partial charge in [-0.2, -0.15) is 0 Å². The molecule has 1 N–H and O–H groups in total. The molecule has 2 aromatic carbocycles. The van der Waals surface area contributed by atoms with Crippen LogP contribution in [0.5, 0.6) is 34.5 Å². The van der Waals surface area contributed by atoms with Gasteiger partial charge in [0.1, 0.15) is 28.6 Å². The van der Waals surface area contributed by atoms with Crippen LogP contribution in [0.3, 0.4) is 0 Å². The number of pyridine rings is 1. The van der Waals surface area contributed by atoms with E-state index in [-0.39, 0.29) is 28.6 Å². The smallest absolute Gasteiger partial charge is 0.167 e. The largest absolute Gasteiger partial charge is 0.508 e. The SMILES string of the molecule is COc1cc2nccc(Oc3cc(O)cc(OC)c3C(C)=O)c2cc1OC. The van der Waals surface area contributed by atoms with E-state index in [1.165, 1.54) is 33.3 Å². The first-order valence-corrected chi connectivity index (χ1v) is 8.09. The number of carbonyl (C=O) groups excluding carboxylic acids is 1. The number of aromatic hydroxyl groups is 1. The molecule has 0 aliphatic carbocycles. The predicted octanol–water partition coefficient (Wildman–Crippen LogP) is 3.96. The number of benzene rings is 2. The Morgan fingerprint density at radius 2 is 1.52 bits per heavy atom. The number of phenols is 1. The zero-order valence-electron chi connectivity index (χ0n) is 15.4. The van der Waals surface area contributed by atoms with Gasteiger partial charge < -0.3 is 24.1 Å². The van der Waals surface area contributed by atoms with Gasteiger partial charge in [-0.25, -0.2) is 0 Å². The van der Waals surface area contributed by atoms with E-state index < -0.39 is 0 Å². The summed E-state index contributed by atoms with van der Waals surface area (Å²) in [4.78, 5) is 16.4. The minimum absolute atomic E-state index is 0.0792. The summed E-state index contributed by atoms with van der Waals surface area (Å²) in [6.45, 7) is 1.40. The molecule has 0 saturated carbocycles. The molecule has 1 heterocycles. The molecule has 0 unspecified atom stereocenters. The topological polar surface area (TPSA) is 87.1 Å². The average molecular weight is 369 g/mol. The van der Waals surface area contributed by atoms with E-state index in [4.69, 9.17) is 18.9 Å². The number of rotatable bonds is 6. The van der Waals surface area contributed by atoms with Gasteiger partial charge in [0, 0.05) is 29.8 Å². The molecule has 0 bridgehead atoms. The normalized spacial score (nSPS) is 10.5. The number of phenolic OH excluding ortho intramolecular Hbond substituents is 1. The molecule has 7 nitrogen and oxygen atoms in total. The van der Waals surface area contributed by atoms with Crippen LogP contribution in [0.25, 0.3) is 10.9 Å². The summed E-state index contributed by atoms with van der Waals surface area (Å²) in [5, 5.41) is 10.6. The van der Waals surface area contributed by atoms with E-state index >= 15 is 0 Å². The second-order valence-corrected chi connectivity index (χ2v) is 5.71. The van der Waals surface area contributed by atoms with Gasteiger partial charge in [-0.1, -0.05) is 0 Å². The molecule has 140 valence electrons. The second-order valence-electron chi connectivity index (χ2n) is 5.71. The van der Waals surface area contributed by atoms with E-state index in [2.05, 4.69) is 4.98 Å². The molecule has 3 aromatic rings. The summed E-state index contributed by atoms with van der Waals surface area (Å²) in [5.74, 6) is 1.58. The van der Waals surface area contributed by atoms with Crippen molar-refractivity contribution in [3.05, 3.63) is 42.1 Å². The van der Waals surface area contributed by atoms with Crippen LogP contribution in [0.4, 0.5) is 0 Å². The molecule has 0 amide bonds. The Balaban J connectivity index is 2.18. The number of methoxy groups -OCH3 is 3. The maximum atomic E-state index is 12.1. The van der Waals surface area contributed by atoms with Gasteiger partial charge in [0.25, 0.3) is 0 Å². The fraction of sp³-hybridized carbons (Fsp3) is 0.200. The van der Waals surface area contributed by atoms with Crippen molar-refractivity contribution < 1.29 is 28.8 Å². The van der Waals surface area contributed by atoms with Crippen molar-refractivity contribution >= 4 is 16.7 Å². The standard InChI is InChI=1S/C20H19NO6/c1-11(22)20-18(26-4)7-12(23)8-19(20)27-15-5-6-21-14-10-17(25-3)16(24-2)9-13(14)15/h5-10,23H,1-4H3. The van der Waals surface area contributed by atoms with Gasteiger partial charge in [-0.3, -0.25) is 9.78 Å². The van der Waals surface area contributed by atoms with Gasteiger partial charge in [0.15, 0.2) is 17.3 Å². The van der Waals surface area contributed by atoms with E-state index in [0.717, 1.165) is 0 Å². The molecule has 0 aliphatic rings. The summed E-state index contributed by atoms with van der Waals surface area (Å²) in [6.07, 6.45) is 1.58. The molecule has 0 saturated heterocycles. The monoisotopic (exact) mass is 369 g/mol. The van der Waals surface area contributed by atoms with Gasteiger partial charge in [0.05, 0.1) is 26.8 Å². The Morgan fingerprint density at radius 1 is 0.889 bits per heavy atom. The zero-order chi connectivity index (χ0) is 19.6. The molecule has 0 aliphatic heterocycles. The first kappa shape index (κ1) is 18.3. The lowest BCUT2D eigenvalue weighted by molar-refractivity contribution is 0.101. The van der Waals surface area contributed by atoms with Crippen LogP contribution in [0, 0.1) is 0 Å². The minimum Gasteiger partial charge on any atom is -0.508 e. The number of carbonyl (C=O) groups is 1. The van der Waals surface area contributed by atoms with Crippen LogP contribution < -0.4 is 18.9 Å². The average Bonchev–Trinajstić information content (AvgIpc) is 2.66. The molecule has 7 heteroatoms. The van der Waals surface area contributed by atoms with Crippen LogP contribution in [-0.4, -0.2) is 37.2 Å². The highest BCUT2D eigenvalue weighted by Gasteiger charge is 2.19. The Morgan fingerprint density at radius 3 is 2.15 bits per heavy atom. The lowest BCUT2D eigenvalue weighted by atomic mass is 10.1. The van der Waals surface area contributed by atoms with Crippen molar-refractivity contribution in [2.45, 2.75) is 6.92 Å². The predicted molar refractivity (Wildman–Crippen MR) is 99.6 cm³/mol. The van der Waals surface area contributed by atoms with E-state index in [0.29, 0.717) is 28.2 Å². The van der Waals surface area contributed by atoms with E-state index in [1.807, 2.05) is 0 Å². The Labute approximate surface area is 156 Å². The van der Waals surface area contributed by atoms with Crippen LogP contribution in [0.1, 0.15) is 17.3 Å². The first-order chi connectivity index (χ1) is 13.0. The summed E-state index contributed by atoms with van der Waals surface area (Å²) in [5.41, 5.74) is 0.863. The number of aromatic nitrogens is 1. The minimum atomic E-state index is -0.250. The highest BCUT2D eigenvalue weighted by atomic mass is 16.5. The summed E-state index contributed by atoms with van der Waals surface area (Å²) >= 11 is 0. The summed E-state index contributed by atoms with van der Waals surface area (Å²) < 4.78 is 21.8. The number of Topliss-reactive ketones (excluding diaryl/α,β-unsaturated/α-hetero) is 1. The van der Waals surface area contributed by atoms with Gasteiger partial charge in [-0.15, -0.1) is 0 Å². The van der Waals surface area contributed by atoms with Crippen molar-refractivity contribution in [3.8, 4) is 34.5 Å². The first-order valence-electron chi connectivity index (χ1n) is 8.09. The van der Waals surface area contributed by atoms with E-state index in [1.54, 1.807) is 31.5 Å². The van der Waals surface area contributed by atoms with Crippen molar-refractivity contribution in [2.75, 3.05) is 21.3 Å². The summed E-state index contributed by atoms with van der Waals surface area (Å²) in [6, 6.07) is 7.86. The maximum Gasteiger partial charge on any atom is 0.167 e. The molecular formula is C20H19NO6. The molecule has 0 atom stereocenters. The third-order valence-corrected chi connectivity index (χ3v) is 4.05. The number of hydrogen-bond donors (Lipinski definition) is 1. The Bertz CT molecular complexity index is 1020. The quantitative estimate of drug-likeness (QED) is 0.658. The Hall–Kier alpha value is -3.48. The molecule has 0 radical (unpaired) electrons. The second kappa shape index (κ2) is 7.41. The van der Waals surface area contributed by atoms with Crippen LogP contribution in [0.2, 0.25) is 0 Å². The highest BCUT2D eigenvalue weighted by molar-refractivity contribution is 6.00. The van der Waals surface area contributed by atoms with Crippen molar-refractivity contribution in [1.82, 2.24) is 4.98 Å². The Kier molecular flexibility index (Phi) is 5.03. The molecule has 0 fully saturated rings. The molecule has 0 spiro atoms. The van der Waals surface area contributed by atoms with Gasteiger partial charge in [0.2, 0.25) is 0 Å². The lowest BCUT2D eigenvalue weighted by Gasteiger charge is -2.15. The number of hydrogen-bond acceptors (Lipinski definition) is 7. The molecule has 3 rings (SSSR count).